The van der Waals surface area contributed by atoms with Gasteiger partial charge in [-0.2, -0.15) is 0 Å². The molecular formula is C21H29NO3. The van der Waals surface area contributed by atoms with Crippen LogP contribution in [-0.2, 0) is 6.54 Å². The summed E-state index contributed by atoms with van der Waals surface area (Å²) in [5.41, 5.74) is 2.09. The molecule has 4 heteroatoms. The van der Waals surface area contributed by atoms with Crippen LogP contribution in [0.5, 0.6) is 11.5 Å². The number of aliphatic hydroxyl groups is 1. The number of ether oxygens (including phenoxy) is 2. The molecule has 0 saturated heterocycles. The van der Waals surface area contributed by atoms with E-state index in [-0.39, 0.29) is 0 Å². The van der Waals surface area contributed by atoms with E-state index in [9.17, 15) is 5.11 Å². The second kappa shape index (κ2) is 9.44. The lowest BCUT2D eigenvalue weighted by molar-refractivity contribution is 0.102. The summed E-state index contributed by atoms with van der Waals surface area (Å²) < 4.78 is 10.7. The maximum atomic E-state index is 10.6. The number of benzene rings is 2. The Morgan fingerprint density at radius 1 is 0.920 bits per heavy atom. The van der Waals surface area contributed by atoms with Gasteiger partial charge in [0.1, 0.15) is 0 Å². The van der Waals surface area contributed by atoms with Crippen LogP contribution in [0.2, 0.25) is 0 Å². The third-order valence-electron chi connectivity index (χ3n) is 4.09. The van der Waals surface area contributed by atoms with Crippen molar-refractivity contribution in [3.63, 3.8) is 0 Å². The van der Waals surface area contributed by atoms with Gasteiger partial charge in [-0.3, -0.25) is 4.90 Å². The summed E-state index contributed by atoms with van der Waals surface area (Å²) in [5, 5.41) is 10.6. The van der Waals surface area contributed by atoms with Gasteiger partial charge in [-0.15, -0.1) is 0 Å². The Labute approximate surface area is 151 Å². The molecule has 0 aliphatic heterocycles. The van der Waals surface area contributed by atoms with Crippen LogP contribution >= 0.6 is 0 Å². The molecule has 0 aliphatic carbocycles. The van der Waals surface area contributed by atoms with Crippen LogP contribution < -0.4 is 9.47 Å². The molecule has 0 aliphatic rings. The Hall–Kier alpha value is -2.04. The SMILES string of the molecule is COc1ccc(CN(CC(C)C)C[C@@H](O)c2ccccc2)cc1OC. The van der Waals surface area contributed by atoms with Gasteiger partial charge in [-0.1, -0.05) is 50.2 Å². The number of nitrogens with zero attached hydrogens (tertiary/aromatic N) is 1. The third-order valence-corrected chi connectivity index (χ3v) is 4.09. The molecule has 0 radical (unpaired) electrons. The topological polar surface area (TPSA) is 41.9 Å². The van der Waals surface area contributed by atoms with E-state index in [0.29, 0.717) is 12.5 Å². The molecular weight excluding hydrogens is 314 g/mol. The van der Waals surface area contributed by atoms with Crippen LogP contribution in [0.15, 0.2) is 48.5 Å². The van der Waals surface area contributed by atoms with Crippen LogP contribution in [-0.4, -0.2) is 37.3 Å². The molecule has 1 atom stereocenters. The second-order valence-electron chi connectivity index (χ2n) is 6.70. The van der Waals surface area contributed by atoms with Crippen molar-refractivity contribution in [3.8, 4) is 11.5 Å². The van der Waals surface area contributed by atoms with E-state index in [1.54, 1.807) is 14.2 Å². The van der Waals surface area contributed by atoms with E-state index >= 15 is 0 Å². The molecule has 1 N–H and O–H groups in total. The Morgan fingerprint density at radius 3 is 2.20 bits per heavy atom. The summed E-state index contributed by atoms with van der Waals surface area (Å²) in [6.45, 7) is 6.64. The monoisotopic (exact) mass is 343 g/mol. The van der Waals surface area contributed by atoms with Crippen molar-refractivity contribution >= 4 is 0 Å². The predicted molar refractivity (Wildman–Crippen MR) is 101 cm³/mol. The van der Waals surface area contributed by atoms with Crippen LogP contribution in [0.25, 0.3) is 0 Å². The summed E-state index contributed by atoms with van der Waals surface area (Å²) in [6, 6.07) is 15.8. The number of hydrogen-bond donors (Lipinski definition) is 1. The highest BCUT2D eigenvalue weighted by atomic mass is 16.5. The fourth-order valence-electron chi connectivity index (χ4n) is 2.98. The molecule has 0 unspecified atom stereocenters. The van der Waals surface area contributed by atoms with Gasteiger partial charge >= 0.3 is 0 Å². The van der Waals surface area contributed by atoms with Crippen molar-refractivity contribution < 1.29 is 14.6 Å². The first-order chi connectivity index (χ1) is 12.0. The molecule has 0 bridgehead atoms. The van der Waals surface area contributed by atoms with E-state index in [1.807, 2.05) is 48.5 Å². The Kier molecular flexibility index (Phi) is 7.29. The Morgan fingerprint density at radius 2 is 1.60 bits per heavy atom. The number of hydrogen-bond acceptors (Lipinski definition) is 4. The highest BCUT2D eigenvalue weighted by Gasteiger charge is 2.16. The first kappa shape index (κ1) is 19.3. The van der Waals surface area contributed by atoms with Gasteiger partial charge in [0, 0.05) is 19.6 Å². The molecule has 2 rings (SSSR count). The maximum absolute atomic E-state index is 10.6. The predicted octanol–water partition coefficient (Wildman–Crippen LogP) is 3.90. The zero-order valence-electron chi connectivity index (χ0n) is 15.6. The van der Waals surface area contributed by atoms with E-state index in [4.69, 9.17) is 9.47 Å². The minimum absolute atomic E-state index is 0.500. The summed E-state index contributed by atoms with van der Waals surface area (Å²) in [5.74, 6) is 1.97. The van der Waals surface area contributed by atoms with E-state index in [2.05, 4.69) is 18.7 Å². The van der Waals surface area contributed by atoms with Gasteiger partial charge in [0.15, 0.2) is 11.5 Å². The molecule has 4 nitrogen and oxygen atoms in total. The Balaban J connectivity index is 2.12. The number of aliphatic hydroxyl groups excluding tert-OH is 1. The minimum Gasteiger partial charge on any atom is -0.493 e. The van der Waals surface area contributed by atoms with Gasteiger partial charge < -0.3 is 14.6 Å². The largest absolute Gasteiger partial charge is 0.493 e. The second-order valence-corrected chi connectivity index (χ2v) is 6.70. The van der Waals surface area contributed by atoms with Gasteiger partial charge in [0.25, 0.3) is 0 Å². The lowest BCUT2D eigenvalue weighted by atomic mass is 10.1. The van der Waals surface area contributed by atoms with Crippen LogP contribution in [0.4, 0.5) is 0 Å². The lowest BCUT2D eigenvalue weighted by Gasteiger charge is -2.27. The smallest absolute Gasteiger partial charge is 0.161 e. The average Bonchev–Trinajstić information content (AvgIpc) is 2.61. The molecule has 136 valence electrons. The van der Waals surface area contributed by atoms with E-state index in [1.165, 1.54) is 0 Å². The van der Waals surface area contributed by atoms with Crippen LogP contribution in [0.3, 0.4) is 0 Å². The fourth-order valence-corrected chi connectivity index (χ4v) is 2.98. The molecule has 2 aromatic rings. The molecule has 25 heavy (non-hydrogen) atoms. The van der Waals surface area contributed by atoms with Crippen molar-refractivity contribution in [2.75, 3.05) is 27.3 Å². The first-order valence-corrected chi connectivity index (χ1v) is 8.69. The summed E-state index contributed by atoms with van der Waals surface area (Å²) in [6.07, 6.45) is -0.500. The van der Waals surface area contributed by atoms with Gasteiger partial charge in [-0.05, 0) is 29.2 Å². The highest BCUT2D eigenvalue weighted by molar-refractivity contribution is 5.42. The van der Waals surface area contributed by atoms with Crippen molar-refractivity contribution in [2.45, 2.75) is 26.5 Å². The molecule has 2 aromatic carbocycles. The normalized spacial score (nSPS) is 12.4. The zero-order valence-corrected chi connectivity index (χ0v) is 15.6. The molecule has 0 saturated carbocycles. The molecule has 0 amide bonds. The molecule has 0 aromatic heterocycles. The summed E-state index contributed by atoms with van der Waals surface area (Å²) in [7, 11) is 3.28. The van der Waals surface area contributed by atoms with Crippen molar-refractivity contribution in [3.05, 3.63) is 59.7 Å². The molecule has 0 spiro atoms. The minimum atomic E-state index is -0.500. The average molecular weight is 343 g/mol. The van der Waals surface area contributed by atoms with Gasteiger partial charge in [0.05, 0.1) is 20.3 Å². The van der Waals surface area contributed by atoms with Crippen molar-refractivity contribution in [1.82, 2.24) is 4.90 Å². The van der Waals surface area contributed by atoms with Gasteiger partial charge in [0.2, 0.25) is 0 Å². The molecule has 0 heterocycles. The fraction of sp³-hybridized carbons (Fsp3) is 0.429. The van der Waals surface area contributed by atoms with Crippen molar-refractivity contribution in [2.24, 2.45) is 5.92 Å². The quantitative estimate of drug-likeness (QED) is 0.750. The van der Waals surface area contributed by atoms with E-state index < -0.39 is 6.10 Å². The lowest BCUT2D eigenvalue weighted by Crippen LogP contribution is -2.31. The Bertz CT molecular complexity index is 643. The standard InChI is InChI=1S/C21H29NO3/c1-16(2)13-22(15-19(23)18-8-6-5-7-9-18)14-17-10-11-20(24-3)21(12-17)25-4/h5-12,16,19,23H,13-15H2,1-4H3/t19-/m1/s1. The maximum Gasteiger partial charge on any atom is 0.161 e. The number of rotatable bonds is 9. The van der Waals surface area contributed by atoms with Gasteiger partial charge in [-0.25, -0.2) is 0 Å². The molecule has 0 fully saturated rings. The number of methoxy groups -OCH3 is 2. The summed E-state index contributed by atoms with van der Waals surface area (Å²) in [4.78, 5) is 2.28. The highest BCUT2D eigenvalue weighted by Crippen LogP contribution is 2.28. The third kappa shape index (κ3) is 5.76. The summed E-state index contributed by atoms with van der Waals surface area (Å²) >= 11 is 0. The van der Waals surface area contributed by atoms with E-state index in [0.717, 1.165) is 35.7 Å². The first-order valence-electron chi connectivity index (χ1n) is 8.69. The van der Waals surface area contributed by atoms with Crippen LogP contribution in [0.1, 0.15) is 31.1 Å². The van der Waals surface area contributed by atoms with Crippen molar-refractivity contribution in [1.29, 1.82) is 0 Å². The zero-order chi connectivity index (χ0) is 18.2. The van der Waals surface area contributed by atoms with Crippen LogP contribution in [0, 0.1) is 5.92 Å².